The molecule has 0 aromatic carbocycles. The number of carbonyl (C=O) groups is 2. The van der Waals surface area contributed by atoms with Crippen molar-refractivity contribution in [1.29, 1.82) is 0 Å². The van der Waals surface area contributed by atoms with Gasteiger partial charge >= 0.3 is 5.97 Å². The minimum Gasteiger partial charge on any atom is -0.462 e. The highest BCUT2D eigenvalue weighted by atomic mass is 16.5. The molecule has 6 heteroatoms. The standard InChI is InChI=1S/C60H105NO5/c1-4-7-10-13-16-19-22-25-28-30-31-33-36-39-42-45-48-51-56(66-60(65)53-50-47-44-41-38-35-32-29-26-23-20-17-14-11-8-5-2)54-59(64)61-57(55-62)58(63)52-49-46-43-40-37-34-27-24-21-18-15-12-9-6-3/h8,11,16-17,19-20,25-26,28-29,31,33,39,42,56-58,62-63H,4-7,9-10,12-15,18,21-24,27,30,32,34-38,40-41,43-55H2,1-3H3,(H,61,64)/b11-8+,19-16-,20-17+,28-25-,29-26+,33-31-,42-39-. The first-order valence-electron chi connectivity index (χ1n) is 27.8. The molecule has 0 spiro atoms. The molecular weight excluding hydrogens is 815 g/mol. The summed E-state index contributed by atoms with van der Waals surface area (Å²) >= 11 is 0. The average Bonchev–Trinajstić information content (AvgIpc) is 3.31. The molecule has 0 fully saturated rings. The number of aliphatic hydroxyl groups excluding tert-OH is 2. The zero-order valence-corrected chi connectivity index (χ0v) is 43.3. The normalized spacial score (nSPS) is 13.8. The number of carbonyl (C=O) groups excluding carboxylic acids is 2. The van der Waals surface area contributed by atoms with E-state index in [1.807, 2.05) is 0 Å². The van der Waals surface area contributed by atoms with Crippen molar-refractivity contribution in [2.24, 2.45) is 0 Å². The van der Waals surface area contributed by atoms with Gasteiger partial charge in [0, 0.05) is 6.42 Å². The van der Waals surface area contributed by atoms with Gasteiger partial charge in [-0.1, -0.05) is 234 Å². The number of rotatable bonds is 49. The molecule has 66 heavy (non-hydrogen) atoms. The topological polar surface area (TPSA) is 95.9 Å². The SMILES string of the molecule is CC/C=C/C/C=C/C/C=C/CCCCCCCCC(=O)OC(CCC/C=C\C/C=C\C/C=C\C/C=C\CCCCC)CC(=O)NC(CO)C(O)CCCCCCCCCCCCCCCC. The molecule has 0 aromatic heterocycles. The fraction of sp³-hybridized carbons (Fsp3) is 0.733. The first kappa shape index (κ1) is 63.0. The van der Waals surface area contributed by atoms with Crippen LogP contribution >= 0.6 is 0 Å². The molecule has 0 saturated heterocycles. The van der Waals surface area contributed by atoms with Crippen molar-refractivity contribution in [3.05, 3.63) is 85.1 Å². The number of nitrogens with one attached hydrogen (secondary N) is 1. The monoisotopic (exact) mass is 920 g/mol. The second-order valence-corrected chi connectivity index (χ2v) is 18.6. The second kappa shape index (κ2) is 53.0. The smallest absolute Gasteiger partial charge is 0.306 e. The van der Waals surface area contributed by atoms with Gasteiger partial charge in [-0.25, -0.2) is 0 Å². The number of esters is 1. The Labute approximate surface area is 408 Å². The maximum Gasteiger partial charge on any atom is 0.306 e. The van der Waals surface area contributed by atoms with E-state index in [1.165, 1.54) is 116 Å². The van der Waals surface area contributed by atoms with Gasteiger partial charge in [0.05, 0.1) is 25.2 Å². The van der Waals surface area contributed by atoms with Crippen molar-refractivity contribution in [3.63, 3.8) is 0 Å². The van der Waals surface area contributed by atoms with Gasteiger partial charge < -0.3 is 20.3 Å². The van der Waals surface area contributed by atoms with Crippen molar-refractivity contribution in [3.8, 4) is 0 Å². The van der Waals surface area contributed by atoms with Crippen LogP contribution in [0.15, 0.2) is 85.1 Å². The molecule has 0 rings (SSSR count). The van der Waals surface area contributed by atoms with Gasteiger partial charge in [0.25, 0.3) is 0 Å². The van der Waals surface area contributed by atoms with E-state index in [4.69, 9.17) is 4.74 Å². The minimum absolute atomic E-state index is 0.0312. The Kier molecular flexibility index (Phi) is 50.6. The number of unbranched alkanes of at least 4 members (excludes halogenated alkanes) is 23. The fourth-order valence-corrected chi connectivity index (χ4v) is 8.02. The molecule has 0 saturated carbocycles. The summed E-state index contributed by atoms with van der Waals surface area (Å²) in [6, 6.07) is -0.726. The van der Waals surface area contributed by atoms with Gasteiger partial charge in [-0.05, 0) is 96.3 Å². The molecule has 0 aliphatic heterocycles. The van der Waals surface area contributed by atoms with Crippen LogP contribution in [0.1, 0.15) is 258 Å². The number of ether oxygens (including phenoxy) is 1. The van der Waals surface area contributed by atoms with Crippen molar-refractivity contribution >= 4 is 11.9 Å². The Morgan fingerprint density at radius 3 is 1.30 bits per heavy atom. The summed E-state index contributed by atoms with van der Waals surface area (Å²) in [6.07, 6.45) is 69.3. The maximum absolute atomic E-state index is 13.2. The minimum atomic E-state index is -0.809. The highest BCUT2D eigenvalue weighted by Gasteiger charge is 2.24. The summed E-state index contributed by atoms with van der Waals surface area (Å²) in [6.45, 7) is 6.34. The number of allylic oxidation sites excluding steroid dienone is 14. The van der Waals surface area contributed by atoms with Crippen LogP contribution in [-0.2, 0) is 14.3 Å². The summed E-state index contributed by atoms with van der Waals surface area (Å²) in [4.78, 5) is 26.2. The lowest BCUT2D eigenvalue weighted by Gasteiger charge is -2.24. The number of amides is 1. The van der Waals surface area contributed by atoms with E-state index in [0.717, 1.165) is 96.3 Å². The van der Waals surface area contributed by atoms with Crippen LogP contribution in [0.3, 0.4) is 0 Å². The van der Waals surface area contributed by atoms with Gasteiger partial charge in [0.1, 0.15) is 6.10 Å². The molecule has 0 heterocycles. The van der Waals surface area contributed by atoms with Gasteiger partial charge in [-0.15, -0.1) is 0 Å². The first-order valence-corrected chi connectivity index (χ1v) is 27.8. The first-order chi connectivity index (χ1) is 32.5. The summed E-state index contributed by atoms with van der Waals surface area (Å²) < 4.78 is 5.92. The lowest BCUT2D eigenvalue weighted by atomic mass is 10.0. The molecule has 0 bridgehead atoms. The van der Waals surface area contributed by atoms with Crippen LogP contribution < -0.4 is 5.32 Å². The predicted molar refractivity (Wildman–Crippen MR) is 287 cm³/mol. The van der Waals surface area contributed by atoms with Gasteiger partial charge in [-0.3, -0.25) is 9.59 Å². The Morgan fingerprint density at radius 1 is 0.455 bits per heavy atom. The highest BCUT2D eigenvalue weighted by Crippen LogP contribution is 2.17. The summed E-state index contributed by atoms with van der Waals surface area (Å²) in [5.74, 6) is -0.543. The van der Waals surface area contributed by atoms with E-state index >= 15 is 0 Å². The Morgan fingerprint density at radius 2 is 0.833 bits per heavy atom. The summed E-state index contributed by atoms with van der Waals surface area (Å²) in [5, 5.41) is 23.8. The molecule has 6 nitrogen and oxygen atoms in total. The van der Waals surface area contributed by atoms with Crippen LogP contribution in [0.4, 0.5) is 0 Å². The zero-order valence-electron chi connectivity index (χ0n) is 43.3. The number of aliphatic hydroxyl groups is 2. The zero-order chi connectivity index (χ0) is 48.1. The molecule has 380 valence electrons. The molecule has 3 unspecified atom stereocenters. The summed E-state index contributed by atoms with van der Waals surface area (Å²) in [7, 11) is 0. The van der Waals surface area contributed by atoms with Crippen molar-refractivity contribution in [1.82, 2.24) is 5.32 Å². The van der Waals surface area contributed by atoms with Gasteiger partial charge in [-0.2, -0.15) is 0 Å². The van der Waals surface area contributed by atoms with Crippen molar-refractivity contribution in [2.75, 3.05) is 6.61 Å². The Bertz CT molecular complexity index is 1260. The molecule has 1 amide bonds. The van der Waals surface area contributed by atoms with Gasteiger partial charge in [0.15, 0.2) is 0 Å². The van der Waals surface area contributed by atoms with Crippen LogP contribution in [-0.4, -0.2) is 46.9 Å². The van der Waals surface area contributed by atoms with E-state index in [1.54, 1.807) is 0 Å². The third-order valence-electron chi connectivity index (χ3n) is 12.2. The average molecular weight is 921 g/mol. The molecular formula is C60H105NO5. The van der Waals surface area contributed by atoms with Crippen LogP contribution in [0.5, 0.6) is 0 Å². The molecule has 0 aliphatic carbocycles. The maximum atomic E-state index is 13.2. The van der Waals surface area contributed by atoms with E-state index < -0.39 is 18.2 Å². The van der Waals surface area contributed by atoms with Crippen LogP contribution in [0.2, 0.25) is 0 Å². The highest BCUT2D eigenvalue weighted by molar-refractivity contribution is 5.77. The molecule has 3 N–H and O–H groups in total. The molecule has 3 atom stereocenters. The molecule has 0 aromatic rings. The van der Waals surface area contributed by atoms with E-state index in [0.29, 0.717) is 19.3 Å². The largest absolute Gasteiger partial charge is 0.462 e. The second-order valence-electron chi connectivity index (χ2n) is 18.6. The number of hydrogen-bond acceptors (Lipinski definition) is 5. The van der Waals surface area contributed by atoms with E-state index in [-0.39, 0.29) is 24.9 Å². The lowest BCUT2D eigenvalue weighted by molar-refractivity contribution is -0.151. The van der Waals surface area contributed by atoms with Crippen LogP contribution in [0.25, 0.3) is 0 Å². The quantitative estimate of drug-likeness (QED) is 0.0321. The van der Waals surface area contributed by atoms with Gasteiger partial charge in [0.2, 0.25) is 5.91 Å². The predicted octanol–water partition coefficient (Wildman–Crippen LogP) is 17.1. The van der Waals surface area contributed by atoms with E-state index in [9.17, 15) is 19.8 Å². The molecule has 0 radical (unpaired) electrons. The van der Waals surface area contributed by atoms with Crippen molar-refractivity contribution in [2.45, 2.75) is 277 Å². The van der Waals surface area contributed by atoms with Crippen molar-refractivity contribution < 1.29 is 24.5 Å². The Hall–Kier alpha value is -2.96. The Balaban J connectivity index is 4.70. The third-order valence-corrected chi connectivity index (χ3v) is 12.2. The third kappa shape index (κ3) is 47.5. The summed E-state index contributed by atoms with van der Waals surface area (Å²) in [5.41, 5.74) is 0. The lowest BCUT2D eigenvalue weighted by Crippen LogP contribution is -2.46. The van der Waals surface area contributed by atoms with Crippen LogP contribution in [0, 0.1) is 0 Å². The van der Waals surface area contributed by atoms with E-state index in [2.05, 4.69) is 111 Å². The molecule has 0 aliphatic rings. The fourth-order valence-electron chi connectivity index (χ4n) is 8.02. The number of hydrogen-bond donors (Lipinski definition) is 3.